The molecule has 1 unspecified atom stereocenters. The number of aryl methyl sites for hydroxylation is 1. The van der Waals surface area contributed by atoms with Crippen LogP contribution in [0, 0.1) is 12.9 Å². The van der Waals surface area contributed by atoms with Gasteiger partial charge in [-0.15, -0.1) is 0 Å². The van der Waals surface area contributed by atoms with Crippen LogP contribution >= 0.6 is 11.3 Å². The molecule has 1 N–H and O–H groups in total. The van der Waals surface area contributed by atoms with E-state index in [-0.39, 0.29) is 17.6 Å². The molecule has 2 aromatic rings. The predicted molar refractivity (Wildman–Crippen MR) is 97.7 cm³/mol. The lowest BCUT2D eigenvalue weighted by Gasteiger charge is -2.43. The zero-order chi connectivity index (χ0) is 19.6. The van der Waals surface area contributed by atoms with Gasteiger partial charge in [0.05, 0.1) is 10.5 Å². The smallest absolute Gasteiger partial charge is 0.230 e. The number of nitrogens with one attached hydrogen (secondary N) is 1. The first-order valence-electron chi connectivity index (χ1n) is 8.84. The van der Waals surface area contributed by atoms with Gasteiger partial charge in [-0.1, -0.05) is 16.5 Å². The number of rotatable bonds is 6. The summed E-state index contributed by atoms with van der Waals surface area (Å²) in [6.45, 7) is 8.85. The van der Waals surface area contributed by atoms with Crippen LogP contribution in [0.4, 0.5) is 9.52 Å². The summed E-state index contributed by atoms with van der Waals surface area (Å²) in [4.78, 5) is 21.8. The number of hydrogen-bond donors (Lipinski definition) is 1. The lowest BCUT2D eigenvalue weighted by molar-refractivity contribution is -0.114. The van der Waals surface area contributed by atoms with Crippen molar-refractivity contribution in [3.63, 3.8) is 0 Å². The number of hydrogen-bond acceptors (Lipinski definition) is 8. The molecule has 27 heavy (non-hydrogen) atoms. The van der Waals surface area contributed by atoms with Gasteiger partial charge in [0, 0.05) is 33.0 Å². The Balaban J connectivity index is 1.56. The Hall–Kier alpha value is -1.91. The van der Waals surface area contributed by atoms with Crippen LogP contribution in [0.2, 0.25) is 0 Å². The summed E-state index contributed by atoms with van der Waals surface area (Å²) >= 11 is 1.18. The van der Waals surface area contributed by atoms with Crippen LogP contribution in [0.25, 0.3) is 0 Å². The Morgan fingerprint density at radius 1 is 1.52 bits per heavy atom. The van der Waals surface area contributed by atoms with Gasteiger partial charge >= 0.3 is 0 Å². The first-order chi connectivity index (χ1) is 12.7. The van der Waals surface area contributed by atoms with Crippen molar-refractivity contribution in [3.8, 4) is 0 Å². The van der Waals surface area contributed by atoms with E-state index in [9.17, 15) is 9.18 Å². The Morgan fingerprint density at radius 2 is 2.30 bits per heavy atom. The normalized spacial score (nSPS) is 23.5. The molecule has 148 valence electrons. The number of nitrogens with zero attached hydrogens (tertiary/aromatic N) is 4. The number of carbonyl (C=O) groups excluding carboxylic acids is 1. The minimum atomic E-state index is -0.520. The highest BCUT2D eigenvalue weighted by Gasteiger charge is 2.36. The van der Waals surface area contributed by atoms with Crippen LogP contribution in [0.15, 0.2) is 4.52 Å². The molecule has 10 heteroatoms. The summed E-state index contributed by atoms with van der Waals surface area (Å²) in [5, 5.41) is 6.68. The molecule has 1 aliphatic rings. The molecule has 0 aliphatic carbocycles. The molecule has 0 bridgehead atoms. The van der Waals surface area contributed by atoms with Crippen LogP contribution < -0.4 is 5.32 Å². The largest absolute Gasteiger partial charge is 0.367 e. The minimum absolute atomic E-state index is 0.210. The Morgan fingerprint density at radius 3 is 2.93 bits per heavy atom. The van der Waals surface area contributed by atoms with Crippen molar-refractivity contribution < 1.29 is 18.4 Å². The second-order valence-electron chi connectivity index (χ2n) is 7.16. The van der Waals surface area contributed by atoms with Crippen LogP contribution in [0.1, 0.15) is 50.2 Å². The number of piperidine rings is 1. The fourth-order valence-electron chi connectivity index (χ4n) is 3.28. The molecule has 0 spiro atoms. The van der Waals surface area contributed by atoms with Crippen molar-refractivity contribution in [1.82, 2.24) is 20.0 Å². The number of anilines is 1. The lowest BCUT2D eigenvalue weighted by Crippen LogP contribution is -2.48. The number of amides is 1. The van der Waals surface area contributed by atoms with Gasteiger partial charge in [0.25, 0.3) is 0 Å². The molecular weight excluding hydrogens is 373 g/mol. The third kappa shape index (κ3) is 5.08. The zero-order valence-corrected chi connectivity index (χ0v) is 16.7. The summed E-state index contributed by atoms with van der Waals surface area (Å²) in [5.41, 5.74) is -0.294. The van der Waals surface area contributed by atoms with E-state index in [2.05, 4.69) is 39.2 Å². The maximum Gasteiger partial charge on any atom is 0.230 e. The Kier molecular flexibility index (Phi) is 5.87. The molecular formula is C17H24FN5O3S. The Bertz CT molecular complexity index is 810. The van der Waals surface area contributed by atoms with E-state index in [0.717, 1.165) is 19.4 Å². The van der Waals surface area contributed by atoms with E-state index in [1.165, 1.54) is 18.3 Å². The van der Waals surface area contributed by atoms with Gasteiger partial charge in [0.2, 0.25) is 17.7 Å². The van der Waals surface area contributed by atoms with Crippen LogP contribution in [-0.4, -0.2) is 44.1 Å². The van der Waals surface area contributed by atoms with E-state index >= 15 is 0 Å². The number of thiazole rings is 1. The van der Waals surface area contributed by atoms with Crippen LogP contribution in [0.5, 0.6) is 0 Å². The second kappa shape index (κ2) is 7.99. The maximum absolute atomic E-state index is 14.1. The van der Waals surface area contributed by atoms with Crippen molar-refractivity contribution in [2.45, 2.75) is 65.3 Å². The van der Waals surface area contributed by atoms with Gasteiger partial charge in [-0.2, -0.15) is 14.4 Å². The molecule has 3 heterocycles. The first kappa shape index (κ1) is 19.8. The van der Waals surface area contributed by atoms with Gasteiger partial charge < -0.3 is 14.6 Å². The highest BCUT2D eigenvalue weighted by molar-refractivity contribution is 7.15. The van der Waals surface area contributed by atoms with Gasteiger partial charge in [-0.25, -0.2) is 0 Å². The number of ether oxygens (including phenoxy) is 1. The van der Waals surface area contributed by atoms with Crippen molar-refractivity contribution in [1.29, 1.82) is 0 Å². The Labute approximate surface area is 161 Å². The summed E-state index contributed by atoms with van der Waals surface area (Å²) in [5.74, 6) is 0.285. The number of aromatic nitrogens is 3. The SMILES string of the molecule is CC(=O)Nc1nc(F)c(CN2CCC(C)(OCc3noc(C)n3)C[C@@H]2C)s1. The van der Waals surface area contributed by atoms with E-state index in [0.29, 0.717) is 34.9 Å². The summed E-state index contributed by atoms with van der Waals surface area (Å²) in [7, 11) is 0. The molecule has 2 aromatic heterocycles. The van der Waals surface area contributed by atoms with Gasteiger partial charge in [-0.05, 0) is 26.7 Å². The monoisotopic (exact) mass is 397 g/mol. The number of halogens is 1. The third-order valence-electron chi connectivity index (χ3n) is 4.68. The molecule has 1 aliphatic heterocycles. The molecule has 0 saturated carbocycles. The first-order valence-corrected chi connectivity index (χ1v) is 9.66. The molecule has 1 fully saturated rings. The quantitative estimate of drug-likeness (QED) is 0.801. The summed E-state index contributed by atoms with van der Waals surface area (Å²) in [6.07, 6.45) is 1.62. The lowest BCUT2D eigenvalue weighted by atomic mass is 9.88. The van der Waals surface area contributed by atoms with Crippen LogP contribution in [-0.2, 0) is 22.7 Å². The predicted octanol–water partition coefficient (Wildman–Crippen LogP) is 2.89. The van der Waals surface area contributed by atoms with Gasteiger partial charge in [0.1, 0.15) is 6.61 Å². The fourth-order valence-corrected chi connectivity index (χ4v) is 4.19. The molecule has 1 saturated heterocycles. The topological polar surface area (TPSA) is 93.4 Å². The third-order valence-corrected chi connectivity index (χ3v) is 5.61. The van der Waals surface area contributed by atoms with E-state index < -0.39 is 5.95 Å². The average molecular weight is 397 g/mol. The molecule has 8 nitrogen and oxygen atoms in total. The second-order valence-corrected chi connectivity index (χ2v) is 8.24. The summed E-state index contributed by atoms with van der Waals surface area (Å²) in [6, 6.07) is 0.210. The molecule has 2 atom stereocenters. The number of carbonyl (C=O) groups is 1. The van der Waals surface area contributed by atoms with Crippen molar-refractivity contribution in [2.75, 3.05) is 11.9 Å². The van der Waals surface area contributed by atoms with E-state index in [1.54, 1.807) is 6.92 Å². The standard InChI is InChI=1S/C17H24FN5O3S/c1-10-7-17(4,25-9-14-20-12(3)26-22-14)5-6-23(10)8-13-15(18)21-16(27-13)19-11(2)24/h10H,5-9H2,1-4H3,(H,19,21,24)/t10-,17?/m0/s1. The van der Waals surface area contributed by atoms with E-state index in [1.807, 2.05) is 0 Å². The minimum Gasteiger partial charge on any atom is -0.367 e. The van der Waals surface area contributed by atoms with Crippen molar-refractivity contribution in [3.05, 3.63) is 22.5 Å². The van der Waals surface area contributed by atoms with Crippen LogP contribution in [0.3, 0.4) is 0 Å². The molecule has 3 rings (SSSR count). The fraction of sp³-hybridized carbons (Fsp3) is 0.647. The van der Waals surface area contributed by atoms with Gasteiger partial charge in [-0.3, -0.25) is 9.69 Å². The summed E-state index contributed by atoms with van der Waals surface area (Å²) < 4.78 is 25.1. The average Bonchev–Trinajstić information content (AvgIpc) is 3.14. The molecule has 0 radical (unpaired) electrons. The highest BCUT2D eigenvalue weighted by Crippen LogP contribution is 2.33. The number of likely N-dealkylation sites (tertiary alicyclic amines) is 1. The van der Waals surface area contributed by atoms with Crippen molar-refractivity contribution >= 4 is 22.4 Å². The highest BCUT2D eigenvalue weighted by atomic mass is 32.1. The maximum atomic E-state index is 14.1. The molecule has 0 aromatic carbocycles. The van der Waals surface area contributed by atoms with Crippen molar-refractivity contribution in [2.24, 2.45) is 0 Å². The van der Waals surface area contributed by atoms with E-state index in [4.69, 9.17) is 9.26 Å². The van der Waals surface area contributed by atoms with Gasteiger partial charge in [0.15, 0.2) is 11.0 Å². The zero-order valence-electron chi connectivity index (χ0n) is 15.9. The molecule has 1 amide bonds.